The highest BCUT2D eigenvalue weighted by Gasteiger charge is 2.15. The number of carbonyl (C=O) groups excluding carboxylic acids is 1. The first-order valence-electron chi connectivity index (χ1n) is 5.71. The molecule has 0 aromatic carbocycles. The Labute approximate surface area is 96.0 Å². The average Bonchev–Trinajstić information content (AvgIpc) is 2.71. The van der Waals surface area contributed by atoms with Crippen LogP contribution in [0, 0.1) is 0 Å². The lowest BCUT2D eigenvalue weighted by atomic mass is 10.2. The second-order valence-corrected chi connectivity index (χ2v) is 3.83. The Morgan fingerprint density at radius 2 is 2.38 bits per heavy atom. The highest BCUT2D eigenvalue weighted by atomic mass is 16.1. The summed E-state index contributed by atoms with van der Waals surface area (Å²) in [4.78, 5) is 11.2. The maximum absolute atomic E-state index is 11.2. The Kier molecular flexibility index (Phi) is 4.98. The third-order valence-electron chi connectivity index (χ3n) is 2.45. The Balaban J connectivity index is 2.56. The fourth-order valence-electron chi connectivity index (χ4n) is 1.45. The predicted molar refractivity (Wildman–Crippen MR) is 62.9 cm³/mol. The van der Waals surface area contributed by atoms with Gasteiger partial charge in [0.25, 0.3) is 0 Å². The number of rotatable bonds is 7. The largest absolute Gasteiger partial charge is 0.368 e. The quantitative estimate of drug-likeness (QED) is 0.699. The third-order valence-corrected chi connectivity index (χ3v) is 2.45. The number of nitrogens with one attached hydrogen (secondary N) is 1. The second-order valence-electron chi connectivity index (χ2n) is 3.83. The zero-order chi connectivity index (χ0) is 12.0. The molecule has 0 saturated carbocycles. The van der Waals surface area contributed by atoms with Crippen LogP contribution in [0.25, 0.3) is 0 Å². The molecule has 1 aromatic rings. The van der Waals surface area contributed by atoms with Crippen molar-refractivity contribution in [3.05, 3.63) is 18.0 Å². The van der Waals surface area contributed by atoms with Crippen LogP contribution in [0.1, 0.15) is 25.8 Å². The van der Waals surface area contributed by atoms with E-state index in [1.807, 2.05) is 19.3 Å². The SMILES string of the molecule is CCCNC(Cn1cc(CC)cn1)C(N)=O. The molecule has 0 radical (unpaired) electrons. The molecule has 1 atom stereocenters. The Morgan fingerprint density at radius 1 is 1.62 bits per heavy atom. The molecule has 0 bridgehead atoms. The van der Waals surface area contributed by atoms with Crippen LogP contribution in [0.4, 0.5) is 0 Å². The topological polar surface area (TPSA) is 72.9 Å². The number of aromatic nitrogens is 2. The molecule has 0 aliphatic heterocycles. The number of primary amides is 1. The van der Waals surface area contributed by atoms with Crippen LogP contribution in [0.3, 0.4) is 0 Å². The molecule has 5 nitrogen and oxygen atoms in total. The number of nitrogens with two attached hydrogens (primary N) is 1. The Bertz CT molecular complexity index is 334. The van der Waals surface area contributed by atoms with Crippen LogP contribution in [0.5, 0.6) is 0 Å². The minimum absolute atomic E-state index is 0.331. The number of hydrogen-bond donors (Lipinski definition) is 2. The second kappa shape index (κ2) is 6.27. The van der Waals surface area contributed by atoms with E-state index in [2.05, 4.69) is 17.3 Å². The molecule has 0 aliphatic carbocycles. The minimum atomic E-state index is -0.343. The average molecular weight is 224 g/mol. The van der Waals surface area contributed by atoms with E-state index in [4.69, 9.17) is 5.73 Å². The standard InChI is InChI=1S/C11H20N4O/c1-3-5-13-10(11(12)16)8-15-7-9(4-2)6-14-15/h6-7,10,13H,3-5,8H2,1-2H3,(H2,12,16). The number of carbonyl (C=O) groups is 1. The van der Waals surface area contributed by atoms with Gasteiger partial charge in [-0.15, -0.1) is 0 Å². The summed E-state index contributed by atoms with van der Waals surface area (Å²) >= 11 is 0. The van der Waals surface area contributed by atoms with Gasteiger partial charge in [-0.25, -0.2) is 0 Å². The van der Waals surface area contributed by atoms with Crippen LogP contribution in [-0.2, 0) is 17.8 Å². The summed E-state index contributed by atoms with van der Waals surface area (Å²) in [6, 6.07) is -0.343. The van der Waals surface area contributed by atoms with E-state index in [9.17, 15) is 4.79 Å². The fraction of sp³-hybridized carbons (Fsp3) is 0.636. The molecular weight excluding hydrogens is 204 g/mol. The molecule has 90 valence electrons. The van der Waals surface area contributed by atoms with E-state index >= 15 is 0 Å². The molecule has 0 spiro atoms. The van der Waals surface area contributed by atoms with Crippen molar-refractivity contribution in [2.24, 2.45) is 5.73 Å². The molecule has 1 amide bonds. The summed E-state index contributed by atoms with van der Waals surface area (Å²) in [5, 5.41) is 7.30. The molecule has 3 N–H and O–H groups in total. The van der Waals surface area contributed by atoms with Gasteiger partial charge >= 0.3 is 0 Å². The van der Waals surface area contributed by atoms with Crippen molar-refractivity contribution in [3.63, 3.8) is 0 Å². The van der Waals surface area contributed by atoms with Gasteiger partial charge in [0, 0.05) is 6.20 Å². The molecule has 1 unspecified atom stereocenters. The van der Waals surface area contributed by atoms with Gasteiger partial charge in [0.05, 0.1) is 12.7 Å². The van der Waals surface area contributed by atoms with Crippen molar-refractivity contribution >= 4 is 5.91 Å². The first-order chi connectivity index (χ1) is 7.67. The maximum atomic E-state index is 11.2. The first kappa shape index (κ1) is 12.7. The lowest BCUT2D eigenvalue weighted by molar-refractivity contribution is -0.120. The van der Waals surface area contributed by atoms with Crippen LogP contribution in [-0.4, -0.2) is 28.3 Å². The number of hydrogen-bond acceptors (Lipinski definition) is 3. The zero-order valence-corrected chi connectivity index (χ0v) is 9.94. The first-order valence-corrected chi connectivity index (χ1v) is 5.71. The number of aryl methyl sites for hydroxylation is 1. The van der Waals surface area contributed by atoms with Crippen LogP contribution in [0.2, 0.25) is 0 Å². The minimum Gasteiger partial charge on any atom is -0.368 e. The monoisotopic (exact) mass is 224 g/mol. The van der Waals surface area contributed by atoms with Crippen LogP contribution < -0.4 is 11.1 Å². The van der Waals surface area contributed by atoms with Gasteiger partial charge < -0.3 is 11.1 Å². The Morgan fingerprint density at radius 3 is 2.88 bits per heavy atom. The van der Waals surface area contributed by atoms with Crippen molar-refractivity contribution in [2.45, 2.75) is 39.3 Å². The Hall–Kier alpha value is -1.36. The normalized spacial score (nSPS) is 12.6. The van der Waals surface area contributed by atoms with Gasteiger partial charge in [-0.05, 0) is 24.9 Å². The van der Waals surface area contributed by atoms with E-state index < -0.39 is 0 Å². The summed E-state index contributed by atoms with van der Waals surface area (Å²) in [5.41, 5.74) is 6.49. The van der Waals surface area contributed by atoms with Crippen molar-refractivity contribution in [1.29, 1.82) is 0 Å². The summed E-state index contributed by atoms with van der Waals surface area (Å²) in [6.45, 7) is 5.40. The van der Waals surface area contributed by atoms with Gasteiger partial charge in [-0.3, -0.25) is 9.48 Å². The summed E-state index contributed by atoms with van der Waals surface area (Å²) in [7, 11) is 0. The van der Waals surface area contributed by atoms with Gasteiger partial charge in [-0.1, -0.05) is 13.8 Å². The molecule has 1 rings (SSSR count). The predicted octanol–water partition coefficient (Wildman–Crippen LogP) is 0.299. The third kappa shape index (κ3) is 3.66. The number of amides is 1. The van der Waals surface area contributed by atoms with E-state index in [1.54, 1.807) is 4.68 Å². The zero-order valence-electron chi connectivity index (χ0n) is 9.94. The summed E-state index contributed by atoms with van der Waals surface area (Å²) < 4.78 is 1.76. The molecule has 0 fully saturated rings. The van der Waals surface area contributed by atoms with Crippen molar-refractivity contribution in [2.75, 3.05) is 6.54 Å². The molecule has 1 aromatic heterocycles. The van der Waals surface area contributed by atoms with Gasteiger partial charge in [0.15, 0.2) is 0 Å². The van der Waals surface area contributed by atoms with Gasteiger partial charge in [0.2, 0.25) is 5.91 Å². The molecular formula is C11H20N4O. The van der Waals surface area contributed by atoms with Crippen molar-refractivity contribution < 1.29 is 4.79 Å². The van der Waals surface area contributed by atoms with E-state index in [1.165, 1.54) is 5.56 Å². The maximum Gasteiger partial charge on any atom is 0.236 e. The van der Waals surface area contributed by atoms with Crippen molar-refractivity contribution in [3.8, 4) is 0 Å². The van der Waals surface area contributed by atoms with Crippen LogP contribution in [0.15, 0.2) is 12.4 Å². The molecule has 5 heteroatoms. The lowest BCUT2D eigenvalue weighted by Gasteiger charge is -2.14. The van der Waals surface area contributed by atoms with E-state index in [0.29, 0.717) is 6.54 Å². The highest BCUT2D eigenvalue weighted by molar-refractivity contribution is 5.79. The number of nitrogens with zero attached hydrogens (tertiary/aromatic N) is 2. The molecule has 0 saturated heterocycles. The fourth-order valence-corrected chi connectivity index (χ4v) is 1.45. The lowest BCUT2D eigenvalue weighted by Crippen LogP contribution is -2.44. The van der Waals surface area contributed by atoms with Crippen molar-refractivity contribution in [1.82, 2.24) is 15.1 Å². The molecule has 1 heterocycles. The van der Waals surface area contributed by atoms with E-state index in [-0.39, 0.29) is 11.9 Å². The summed E-state index contributed by atoms with van der Waals surface area (Å²) in [5.74, 6) is -0.331. The smallest absolute Gasteiger partial charge is 0.236 e. The molecule has 16 heavy (non-hydrogen) atoms. The molecule has 0 aliphatic rings. The van der Waals surface area contributed by atoms with E-state index in [0.717, 1.165) is 19.4 Å². The van der Waals surface area contributed by atoms with Crippen LogP contribution >= 0.6 is 0 Å². The van der Waals surface area contributed by atoms with Gasteiger partial charge in [-0.2, -0.15) is 5.10 Å². The van der Waals surface area contributed by atoms with Gasteiger partial charge in [0.1, 0.15) is 6.04 Å². The highest BCUT2D eigenvalue weighted by Crippen LogP contribution is 1.99. The summed E-state index contributed by atoms with van der Waals surface area (Å²) in [6.07, 6.45) is 5.69.